The third-order valence-corrected chi connectivity index (χ3v) is 3.31. The van der Waals surface area contributed by atoms with Crippen molar-refractivity contribution in [1.29, 1.82) is 0 Å². The maximum atomic E-state index is 13.7. The molecule has 2 aromatic rings. The zero-order chi connectivity index (χ0) is 13.8. The lowest BCUT2D eigenvalue weighted by molar-refractivity contribution is 0.414. The predicted octanol–water partition coefficient (Wildman–Crippen LogP) is 3.73. The summed E-state index contributed by atoms with van der Waals surface area (Å²) in [6, 6.07) is 11.6. The molecule has 2 N–H and O–H groups in total. The van der Waals surface area contributed by atoms with Gasteiger partial charge >= 0.3 is 0 Å². The van der Waals surface area contributed by atoms with Crippen LogP contribution in [-0.2, 0) is 6.42 Å². The highest BCUT2D eigenvalue weighted by Gasteiger charge is 2.15. The lowest BCUT2D eigenvalue weighted by Crippen LogP contribution is -2.15. The van der Waals surface area contributed by atoms with Crippen LogP contribution in [0.25, 0.3) is 0 Å². The van der Waals surface area contributed by atoms with Crippen molar-refractivity contribution in [2.24, 2.45) is 5.73 Å². The average Bonchev–Trinajstić information content (AvgIpc) is 2.39. The molecule has 0 aliphatic heterocycles. The third kappa shape index (κ3) is 3.25. The standard InChI is InChI=1S/C15H15ClFNO/c1-19-11-7-5-10(6-8-11)9-14(18)15-12(16)3-2-4-13(15)17/h2-8,14H,9,18H2,1H3. The smallest absolute Gasteiger partial charge is 0.129 e. The Labute approximate surface area is 117 Å². The molecule has 100 valence electrons. The largest absolute Gasteiger partial charge is 0.497 e. The zero-order valence-electron chi connectivity index (χ0n) is 10.6. The first-order chi connectivity index (χ1) is 9.11. The van der Waals surface area contributed by atoms with Crippen molar-refractivity contribution >= 4 is 11.6 Å². The predicted molar refractivity (Wildman–Crippen MR) is 75.0 cm³/mol. The van der Waals surface area contributed by atoms with Gasteiger partial charge in [0.25, 0.3) is 0 Å². The Morgan fingerprint density at radius 2 is 1.89 bits per heavy atom. The molecule has 0 bridgehead atoms. The highest BCUT2D eigenvalue weighted by Crippen LogP contribution is 2.27. The minimum Gasteiger partial charge on any atom is -0.497 e. The Bertz CT molecular complexity index is 536. The van der Waals surface area contributed by atoms with Gasteiger partial charge in [0.15, 0.2) is 0 Å². The van der Waals surface area contributed by atoms with Crippen molar-refractivity contribution in [2.45, 2.75) is 12.5 Å². The molecule has 1 atom stereocenters. The number of nitrogens with two attached hydrogens (primary N) is 1. The molecule has 0 aromatic heterocycles. The SMILES string of the molecule is COc1ccc(CC(N)c2c(F)cccc2Cl)cc1. The van der Waals surface area contributed by atoms with E-state index in [0.717, 1.165) is 11.3 Å². The van der Waals surface area contributed by atoms with E-state index in [0.29, 0.717) is 17.0 Å². The number of rotatable bonds is 4. The Morgan fingerprint density at radius 1 is 1.21 bits per heavy atom. The molecule has 2 aromatic carbocycles. The van der Waals surface area contributed by atoms with Crippen LogP contribution in [0.2, 0.25) is 5.02 Å². The zero-order valence-corrected chi connectivity index (χ0v) is 11.3. The van der Waals surface area contributed by atoms with E-state index < -0.39 is 6.04 Å². The van der Waals surface area contributed by atoms with Crippen LogP contribution in [-0.4, -0.2) is 7.11 Å². The topological polar surface area (TPSA) is 35.2 Å². The second-order valence-electron chi connectivity index (χ2n) is 4.29. The van der Waals surface area contributed by atoms with E-state index in [4.69, 9.17) is 22.1 Å². The minimum absolute atomic E-state index is 0.361. The fraction of sp³-hybridized carbons (Fsp3) is 0.200. The van der Waals surface area contributed by atoms with Crippen LogP contribution >= 0.6 is 11.6 Å². The van der Waals surface area contributed by atoms with Gasteiger partial charge in [0, 0.05) is 16.6 Å². The van der Waals surface area contributed by atoms with Gasteiger partial charge in [0.1, 0.15) is 11.6 Å². The molecule has 4 heteroatoms. The molecule has 0 amide bonds. The summed E-state index contributed by atoms with van der Waals surface area (Å²) < 4.78 is 18.8. The van der Waals surface area contributed by atoms with Gasteiger partial charge in [-0.25, -0.2) is 4.39 Å². The van der Waals surface area contributed by atoms with Gasteiger partial charge in [0.2, 0.25) is 0 Å². The van der Waals surface area contributed by atoms with Crippen molar-refractivity contribution in [1.82, 2.24) is 0 Å². The van der Waals surface area contributed by atoms with Gasteiger partial charge in [-0.15, -0.1) is 0 Å². The van der Waals surface area contributed by atoms with Gasteiger partial charge in [-0.05, 0) is 36.2 Å². The number of methoxy groups -OCH3 is 1. The molecular formula is C15H15ClFNO. The van der Waals surface area contributed by atoms with E-state index in [1.807, 2.05) is 24.3 Å². The molecule has 0 fully saturated rings. The van der Waals surface area contributed by atoms with E-state index in [1.54, 1.807) is 19.2 Å². The highest BCUT2D eigenvalue weighted by atomic mass is 35.5. The number of hydrogen-bond acceptors (Lipinski definition) is 2. The van der Waals surface area contributed by atoms with Gasteiger partial charge < -0.3 is 10.5 Å². The quantitative estimate of drug-likeness (QED) is 0.925. The first-order valence-corrected chi connectivity index (χ1v) is 6.32. The second-order valence-corrected chi connectivity index (χ2v) is 4.70. The maximum Gasteiger partial charge on any atom is 0.129 e. The van der Waals surface area contributed by atoms with Gasteiger partial charge in [-0.3, -0.25) is 0 Å². The first-order valence-electron chi connectivity index (χ1n) is 5.94. The summed E-state index contributed by atoms with van der Waals surface area (Å²) in [6.07, 6.45) is 0.518. The molecular weight excluding hydrogens is 265 g/mol. The fourth-order valence-electron chi connectivity index (χ4n) is 1.98. The van der Waals surface area contributed by atoms with E-state index in [-0.39, 0.29) is 5.82 Å². The Balaban J connectivity index is 2.18. The normalized spacial score (nSPS) is 12.2. The summed E-state index contributed by atoms with van der Waals surface area (Å²) in [5, 5.41) is 0.362. The van der Waals surface area contributed by atoms with Crippen LogP contribution in [0.15, 0.2) is 42.5 Å². The molecule has 0 radical (unpaired) electrons. The Kier molecular flexibility index (Phi) is 4.40. The molecule has 0 spiro atoms. The van der Waals surface area contributed by atoms with Crippen molar-refractivity contribution < 1.29 is 9.13 Å². The van der Waals surface area contributed by atoms with Crippen LogP contribution in [0, 0.1) is 5.82 Å². The monoisotopic (exact) mass is 279 g/mol. The molecule has 0 saturated heterocycles. The summed E-state index contributed by atoms with van der Waals surface area (Å²) in [5.41, 5.74) is 7.41. The molecule has 1 unspecified atom stereocenters. The van der Waals surface area contributed by atoms with Crippen molar-refractivity contribution in [3.05, 3.63) is 64.4 Å². The van der Waals surface area contributed by atoms with Crippen LogP contribution in [0.5, 0.6) is 5.75 Å². The number of benzene rings is 2. The minimum atomic E-state index is -0.470. The Hall–Kier alpha value is -1.58. The summed E-state index contributed by atoms with van der Waals surface area (Å²) in [5.74, 6) is 0.412. The molecule has 0 heterocycles. The fourth-order valence-corrected chi connectivity index (χ4v) is 2.29. The lowest BCUT2D eigenvalue weighted by Gasteiger charge is -2.15. The molecule has 0 aliphatic carbocycles. The molecule has 19 heavy (non-hydrogen) atoms. The van der Waals surface area contributed by atoms with Crippen LogP contribution in [0.4, 0.5) is 4.39 Å². The van der Waals surface area contributed by atoms with Crippen LogP contribution in [0.3, 0.4) is 0 Å². The first kappa shape index (κ1) is 13.8. The molecule has 2 rings (SSSR count). The Morgan fingerprint density at radius 3 is 2.47 bits per heavy atom. The third-order valence-electron chi connectivity index (χ3n) is 2.99. The molecule has 2 nitrogen and oxygen atoms in total. The summed E-state index contributed by atoms with van der Waals surface area (Å²) in [4.78, 5) is 0. The van der Waals surface area contributed by atoms with E-state index in [2.05, 4.69) is 0 Å². The summed E-state index contributed by atoms with van der Waals surface area (Å²) in [7, 11) is 1.61. The van der Waals surface area contributed by atoms with E-state index >= 15 is 0 Å². The van der Waals surface area contributed by atoms with E-state index in [1.165, 1.54) is 6.07 Å². The van der Waals surface area contributed by atoms with Gasteiger partial charge in [-0.2, -0.15) is 0 Å². The average molecular weight is 280 g/mol. The number of ether oxygens (including phenoxy) is 1. The molecule has 0 saturated carbocycles. The van der Waals surface area contributed by atoms with Crippen molar-refractivity contribution in [2.75, 3.05) is 7.11 Å². The molecule has 0 aliphatic rings. The van der Waals surface area contributed by atoms with Crippen LogP contribution < -0.4 is 10.5 Å². The van der Waals surface area contributed by atoms with Crippen molar-refractivity contribution in [3.8, 4) is 5.75 Å². The highest BCUT2D eigenvalue weighted by molar-refractivity contribution is 6.31. The number of hydrogen-bond donors (Lipinski definition) is 1. The lowest BCUT2D eigenvalue weighted by atomic mass is 9.99. The summed E-state index contributed by atoms with van der Waals surface area (Å²) in [6.45, 7) is 0. The summed E-state index contributed by atoms with van der Waals surface area (Å²) >= 11 is 6.00. The van der Waals surface area contributed by atoms with Gasteiger partial charge in [-0.1, -0.05) is 29.8 Å². The van der Waals surface area contributed by atoms with Crippen LogP contribution in [0.1, 0.15) is 17.2 Å². The van der Waals surface area contributed by atoms with Gasteiger partial charge in [0.05, 0.1) is 7.11 Å². The maximum absolute atomic E-state index is 13.7. The van der Waals surface area contributed by atoms with Crippen molar-refractivity contribution in [3.63, 3.8) is 0 Å². The number of halogens is 2. The van der Waals surface area contributed by atoms with E-state index in [9.17, 15) is 4.39 Å². The second kappa shape index (κ2) is 6.04.